The molecule has 80 valence electrons. The van der Waals surface area contributed by atoms with Crippen molar-refractivity contribution in [1.29, 1.82) is 0 Å². The Morgan fingerprint density at radius 2 is 2.36 bits per heavy atom. The molecule has 1 aliphatic rings. The third kappa shape index (κ3) is 4.05. The predicted octanol–water partition coefficient (Wildman–Crippen LogP) is 2.46. The van der Waals surface area contributed by atoms with E-state index >= 15 is 0 Å². The van der Waals surface area contributed by atoms with Gasteiger partial charge in [-0.2, -0.15) is 0 Å². The third-order valence-electron chi connectivity index (χ3n) is 2.80. The molecule has 14 heavy (non-hydrogen) atoms. The van der Waals surface area contributed by atoms with E-state index in [4.69, 9.17) is 5.11 Å². The van der Waals surface area contributed by atoms with Gasteiger partial charge in [-0.25, -0.2) is 0 Å². The summed E-state index contributed by atoms with van der Waals surface area (Å²) in [5.74, 6) is 0.538. The van der Waals surface area contributed by atoms with Gasteiger partial charge in [0.25, 0.3) is 0 Å². The molecule has 0 spiro atoms. The molecule has 2 unspecified atom stereocenters. The SMILES string of the molecule is CC(O)CCC1CCC/C=C\CC1=O. The Bertz CT molecular complexity index is 206. The Balaban J connectivity index is 2.40. The molecule has 0 saturated carbocycles. The molecule has 0 radical (unpaired) electrons. The number of rotatable bonds is 3. The minimum Gasteiger partial charge on any atom is -0.393 e. The van der Waals surface area contributed by atoms with E-state index in [1.807, 2.05) is 6.08 Å². The summed E-state index contributed by atoms with van der Waals surface area (Å²) < 4.78 is 0. The Labute approximate surface area is 86.0 Å². The van der Waals surface area contributed by atoms with Crippen molar-refractivity contribution in [3.8, 4) is 0 Å². The van der Waals surface area contributed by atoms with Crippen molar-refractivity contribution in [3.63, 3.8) is 0 Å². The summed E-state index contributed by atoms with van der Waals surface area (Å²) in [4.78, 5) is 11.6. The maximum Gasteiger partial charge on any atom is 0.139 e. The molecular formula is C12H20O2. The van der Waals surface area contributed by atoms with Crippen LogP contribution in [0.25, 0.3) is 0 Å². The fourth-order valence-corrected chi connectivity index (χ4v) is 1.87. The number of hydrogen-bond donors (Lipinski definition) is 1. The summed E-state index contributed by atoms with van der Waals surface area (Å²) in [6.07, 6.45) is 9.19. The summed E-state index contributed by atoms with van der Waals surface area (Å²) in [6.45, 7) is 1.79. The number of hydrogen-bond acceptors (Lipinski definition) is 2. The van der Waals surface area contributed by atoms with Gasteiger partial charge < -0.3 is 5.11 Å². The summed E-state index contributed by atoms with van der Waals surface area (Å²) in [6, 6.07) is 0. The summed E-state index contributed by atoms with van der Waals surface area (Å²) in [5.41, 5.74) is 0. The summed E-state index contributed by atoms with van der Waals surface area (Å²) >= 11 is 0. The lowest BCUT2D eigenvalue weighted by Gasteiger charge is -2.16. The number of allylic oxidation sites excluding steroid dienone is 2. The number of carbonyl (C=O) groups is 1. The molecule has 1 aliphatic carbocycles. The van der Waals surface area contributed by atoms with Crippen molar-refractivity contribution in [2.75, 3.05) is 0 Å². The molecule has 1 N–H and O–H groups in total. The Morgan fingerprint density at radius 3 is 3.07 bits per heavy atom. The molecule has 0 aromatic rings. The van der Waals surface area contributed by atoms with Crippen LogP contribution < -0.4 is 0 Å². The Kier molecular flexibility index (Phi) is 4.88. The fraction of sp³-hybridized carbons (Fsp3) is 0.750. The van der Waals surface area contributed by atoms with Gasteiger partial charge in [-0.05, 0) is 39.0 Å². The van der Waals surface area contributed by atoms with Crippen LogP contribution in [0.4, 0.5) is 0 Å². The fourth-order valence-electron chi connectivity index (χ4n) is 1.87. The van der Waals surface area contributed by atoms with Crippen molar-refractivity contribution in [2.45, 2.75) is 51.6 Å². The van der Waals surface area contributed by atoms with Crippen LogP contribution in [0.15, 0.2) is 12.2 Å². The molecule has 0 fully saturated rings. The maximum atomic E-state index is 11.6. The van der Waals surface area contributed by atoms with E-state index in [9.17, 15) is 4.79 Å². The van der Waals surface area contributed by atoms with E-state index in [1.54, 1.807) is 6.92 Å². The lowest BCUT2D eigenvalue weighted by molar-refractivity contribution is -0.122. The molecular weight excluding hydrogens is 176 g/mol. The van der Waals surface area contributed by atoms with Crippen molar-refractivity contribution in [2.24, 2.45) is 5.92 Å². The summed E-state index contributed by atoms with van der Waals surface area (Å²) in [5, 5.41) is 9.17. The van der Waals surface area contributed by atoms with Gasteiger partial charge in [-0.1, -0.05) is 12.2 Å². The van der Waals surface area contributed by atoms with Crippen LogP contribution in [0, 0.1) is 5.92 Å². The van der Waals surface area contributed by atoms with Gasteiger partial charge >= 0.3 is 0 Å². The van der Waals surface area contributed by atoms with Gasteiger partial charge in [0, 0.05) is 12.3 Å². The van der Waals surface area contributed by atoms with Crippen LogP contribution in [0.5, 0.6) is 0 Å². The number of Topliss-reactive ketones (excluding diaryl/α,β-unsaturated/α-hetero) is 1. The van der Waals surface area contributed by atoms with Gasteiger partial charge in [-0.15, -0.1) is 0 Å². The van der Waals surface area contributed by atoms with E-state index in [2.05, 4.69) is 6.08 Å². The second-order valence-corrected chi connectivity index (χ2v) is 4.20. The molecule has 0 amide bonds. The van der Waals surface area contributed by atoms with Crippen molar-refractivity contribution < 1.29 is 9.90 Å². The molecule has 0 bridgehead atoms. The quantitative estimate of drug-likeness (QED) is 0.704. The molecule has 0 saturated heterocycles. The topological polar surface area (TPSA) is 37.3 Å². The second-order valence-electron chi connectivity index (χ2n) is 4.20. The zero-order valence-electron chi connectivity index (χ0n) is 8.91. The minimum absolute atomic E-state index is 0.189. The summed E-state index contributed by atoms with van der Waals surface area (Å²) in [7, 11) is 0. The van der Waals surface area contributed by atoms with Crippen LogP contribution >= 0.6 is 0 Å². The van der Waals surface area contributed by atoms with Crippen LogP contribution in [0.3, 0.4) is 0 Å². The maximum absolute atomic E-state index is 11.6. The molecule has 0 heterocycles. The monoisotopic (exact) mass is 196 g/mol. The van der Waals surface area contributed by atoms with Gasteiger partial charge in [-0.3, -0.25) is 4.79 Å². The number of aliphatic hydroxyl groups excluding tert-OH is 1. The first-order valence-electron chi connectivity index (χ1n) is 5.56. The van der Waals surface area contributed by atoms with Crippen molar-refractivity contribution in [3.05, 3.63) is 12.2 Å². The van der Waals surface area contributed by atoms with E-state index in [0.717, 1.165) is 32.1 Å². The first-order chi connectivity index (χ1) is 6.70. The highest BCUT2D eigenvalue weighted by Gasteiger charge is 2.18. The lowest BCUT2D eigenvalue weighted by Crippen LogP contribution is -2.16. The van der Waals surface area contributed by atoms with Crippen LogP contribution in [-0.4, -0.2) is 17.0 Å². The average Bonchev–Trinajstić information content (AvgIpc) is 2.10. The zero-order chi connectivity index (χ0) is 10.4. The second kappa shape index (κ2) is 5.97. The minimum atomic E-state index is -0.274. The number of carbonyl (C=O) groups excluding carboxylic acids is 1. The highest BCUT2D eigenvalue weighted by molar-refractivity contribution is 5.82. The van der Waals surface area contributed by atoms with E-state index in [-0.39, 0.29) is 12.0 Å². The van der Waals surface area contributed by atoms with Crippen molar-refractivity contribution >= 4 is 5.78 Å². The normalized spacial score (nSPS) is 27.9. The third-order valence-corrected chi connectivity index (χ3v) is 2.80. The molecule has 2 atom stereocenters. The van der Waals surface area contributed by atoms with Gasteiger partial charge in [0.2, 0.25) is 0 Å². The zero-order valence-corrected chi connectivity index (χ0v) is 8.91. The highest BCUT2D eigenvalue weighted by atomic mass is 16.3. The van der Waals surface area contributed by atoms with E-state index < -0.39 is 0 Å². The van der Waals surface area contributed by atoms with Crippen molar-refractivity contribution in [1.82, 2.24) is 0 Å². The molecule has 0 aromatic carbocycles. The predicted molar refractivity (Wildman–Crippen MR) is 57.0 cm³/mol. The standard InChI is InChI=1S/C12H20O2/c1-10(13)8-9-11-6-4-2-3-5-7-12(11)14/h3,5,10-11,13H,2,4,6-9H2,1H3/b5-3-. The van der Waals surface area contributed by atoms with Crippen LogP contribution in [0.1, 0.15) is 45.4 Å². The lowest BCUT2D eigenvalue weighted by atomic mass is 9.88. The van der Waals surface area contributed by atoms with E-state index in [1.165, 1.54) is 0 Å². The van der Waals surface area contributed by atoms with Crippen LogP contribution in [0.2, 0.25) is 0 Å². The molecule has 1 rings (SSSR count). The molecule has 2 nitrogen and oxygen atoms in total. The number of ketones is 1. The molecule has 0 aliphatic heterocycles. The Morgan fingerprint density at radius 1 is 1.57 bits per heavy atom. The smallest absolute Gasteiger partial charge is 0.139 e. The molecule has 0 aromatic heterocycles. The van der Waals surface area contributed by atoms with Gasteiger partial charge in [0.15, 0.2) is 0 Å². The molecule has 2 heteroatoms. The highest BCUT2D eigenvalue weighted by Crippen LogP contribution is 2.21. The van der Waals surface area contributed by atoms with Gasteiger partial charge in [0.1, 0.15) is 5.78 Å². The van der Waals surface area contributed by atoms with E-state index in [0.29, 0.717) is 12.2 Å². The first-order valence-corrected chi connectivity index (χ1v) is 5.56. The Hall–Kier alpha value is -0.630. The van der Waals surface area contributed by atoms with Gasteiger partial charge in [0.05, 0.1) is 6.10 Å². The average molecular weight is 196 g/mol. The van der Waals surface area contributed by atoms with Crippen LogP contribution in [-0.2, 0) is 4.79 Å². The largest absolute Gasteiger partial charge is 0.393 e. The first kappa shape index (κ1) is 11.4. The number of aliphatic hydroxyl groups is 1.